The molecule has 0 radical (unpaired) electrons. The van der Waals surface area contributed by atoms with Crippen molar-refractivity contribution in [1.82, 2.24) is 0 Å². The zero-order chi connectivity index (χ0) is 8.85. The van der Waals surface area contributed by atoms with Crippen molar-refractivity contribution in [2.45, 2.75) is 26.2 Å². The van der Waals surface area contributed by atoms with Crippen molar-refractivity contribution in [1.29, 1.82) is 0 Å². The summed E-state index contributed by atoms with van der Waals surface area (Å²) in [6.45, 7) is 1.75. The number of halogens is 2. The largest absolute Gasteiger partial charge is 0.469 e. The van der Waals surface area contributed by atoms with E-state index in [0.29, 0.717) is 6.42 Å². The molecule has 1 unspecified atom stereocenters. The molecule has 1 atom stereocenters. The fourth-order valence-electron chi connectivity index (χ4n) is 0.809. The van der Waals surface area contributed by atoms with Gasteiger partial charge in [-0.05, 0) is 6.42 Å². The van der Waals surface area contributed by atoms with Crippen molar-refractivity contribution < 1.29 is 18.3 Å². The molecule has 0 aliphatic carbocycles. The summed E-state index contributed by atoms with van der Waals surface area (Å²) in [5.41, 5.74) is 0. The average molecular weight is 166 g/mol. The lowest BCUT2D eigenvalue weighted by atomic mass is 10.1. The van der Waals surface area contributed by atoms with Crippen LogP contribution in [0.2, 0.25) is 0 Å². The fourth-order valence-corrected chi connectivity index (χ4v) is 0.809. The smallest absolute Gasteiger partial charge is 0.314 e. The van der Waals surface area contributed by atoms with Crippen LogP contribution < -0.4 is 0 Å². The lowest BCUT2D eigenvalue weighted by molar-refractivity contribution is -0.151. The van der Waals surface area contributed by atoms with Gasteiger partial charge in [-0.2, -0.15) is 0 Å². The van der Waals surface area contributed by atoms with E-state index in [1.165, 1.54) is 0 Å². The van der Waals surface area contributed by atoms with Crippen molar-refractivity contribution in [3.63, 3.8) is 0 Å². The summed E-state index contributed by atoms with van der Waals surface area (Å²) < 4.78 is 28.3. The highest BCUT2D eigenvalue weighted by molar-refractivity contribution is 5.72. The van der Waals surface area contributed by atoms with E-state index in [0.717, 1.165) is 7.11 Å². The molecular formula is C7H12F2O2. The number of ether oxygens (including phenoxy) is 1. The number of hydrogen-bond acceptors (Lipinski definition) is 2. The zero-order valence-corrected chi connectivity index (χ0v) is 6.64. The average Bonchev–Trinajstić information content (AvgIpc) is 1.98. The standard InChI is InChI=1S/C7H12F2O2/c1-3-4-5(6(8)9)7(10)11-2/h5-6H,3-4H2,1-2H3. The molecule has 2 nitrogen and oxygen atoms in total. The SMILES string of the molecule is CCCC(C(=O)OC)C(F)F. The predicted octanol–water partition coefficient (Wildman–Crippen LogP) is 1.84. The molecule has 0 fully saturated rings. The van der Waals surface area contributed by atoms with Crippen LogP contribution in [0.4, 0.5) is 8.78 Å². The third-order valence-corrected chi connectivity index (χ3v) is 1.41. The van der Waals surface area contributed by atoms with Gasteiger partial charge in [0, 0.05) is 0 Å². The van der Waals surface area contributed by atoms with E-state index in [1.54, 1.807) is 6.92 Å². The number of carbonyl (C=O) groups is 1. The Bertz CT molecular complexity index is 126. The minimum atomic E-state index is -2.61. The number of hydrogen-bond donors (Lipinski definition) is 0. The van der Waals surface area contributed by atoms with Gasteiger partial charge in [0.1, 0.15) is 5.92 Å². The Morgan fingerprint density at radius 3 is 2.36 bits per heavy atom. The molecule has 0 aliphatic heterocycles. The lowest BCUT2D eigenvalue weighted by Crippen LogP contribution is -2.23. The summed E-state index contributed by atoms with van der Waals surface area (Å²) in [4.78, 5) is 10.6. The van der Waals surface area contributed by atoms with Gasteiger partial charge in [0.25, 0.3) is 6.43 Å². The maximum absolute atomic E-state index is 12.0. The summed E-state index contributed by atoms with van der Waals surface area (Å²) in [5, 5.41) is 0. The van der Waals surface area contributed by atoms with Gasteiger partial charge in [-0.1, -0.05) is 13.3 Å². The molecule has 66 valence electrons. The van der Waals surface area contributed by atoms with E-state index < -0.39 is 18.3 Å². The van der Waals surface area contributed by atoms with Gasteiger partial charge in [-0.15, -0.1) is 0 Å². The van der Waals surface area contributed by atoms with Gasteiger partial charge in [-0.3, -0.25) is 4.79 Å². The van der Waals surface area contributed by atoms with Gasteiger partial charge >= 0.3 is 5.97 Å². The van der Waals surface area contributed by atoms with Gasteiger partial charge in [0.05, 0.1) is 7.11 Å². The van der Waals surface area contributed by atoms with Crippen LogP contribution in [-0.4, -0.2) is 19.5 Å². The van der Waals surface area contributed by atoms with Crippen LogP contribution in [0.5, 0.6) is 0 Å². The summed E-state index contributed by atoms with van der Waals surface area (Å²) in [6, 6.07) is 0. The van der Waals surface area contributed by atoms with Crippen LogP contribution in [-0.2, 0) is 9.53 Å². The molecule has 4 heteroatoms. The van der Waals surface area contributed by atoms with E-state index in [1.807, 2.05) is 0 Å². The first-order valence-electron chi connectivity index (χ1n) is 3.49. The second-order valence-corrected chi connectivity index (χ2v) is 2.25. The molecule has 0 amide bonds. The van der Waals surface area contributed by atoms with Crippen molar-refractivity contribution in [3.05, 3.63) is 0 Å². The molecule has 0 aliphatic rings. The molecule has 0 aromatic rings. The van der Waals surface area contributed by atoms with E-state index in [2.05, 4.69) is 4.74 Å². The van der Waals surface area contributed by atoms with Gasteiger partial charge < -0.3 is 4.74 Å². The Hall–Kier alpha value is -0.670. The third kappa shape index (κ3) is 3.30. The Kier molecular flexibility index (Phi) is 4.74. The highest BCUT2D eigenvalue weighted by atomic mass is 19.3. The Morgan fingerprint density at radius 1 is 1.55 bits per heavy atom. The van der Waals surface area contributed by atoms with Gasteiger partial charge in [0.15, 0.2) is 0 Å². The second kappa shape index (κ2) is 5.04. The first-order valence-corrected chi connectivity index (χ1v) is 3.49. The molecule has 0 N–H and O–H groups in total. The van der Waals surface area contributed by atoms with Crippen LogP contribution in [0, 0.1) is 5.92 Å². The highest BCUT2D eigenvalue weighted by Gasteiger charge is 2.27. The predicted molar refractivity (Wildman–Crippen MR) is 36.4 cm³/mol. The molecular weight excluding hydrogens is 154 g/mol. The molecule has 0 saturated carbocycles. The fraction of sp³-hybridized carbons (Fsp3) is 0.857. The quantitative estimate of drug-likeness (QED) is 0.595. The summed E-state index contributed by atoms with van der Waals surface area (Å²) in [7, 11) is 1.12. The first kappa shape index (κ1) is 10.3. The lowest BCUT2D eigenvalue weighted by Gasteiger charge is -2.11. The topological polar surface area (TPSA) is 26.3 Å². The monoisotopic (exact) mass is 166 g/mol. The van der Waals surface area contributed by atoms with E-state index >= 15 is 0 Å². The van der Waals surface area contributed by atoms with Crippen LogP contribution in [0.3, 0.4) is 0 Å². The van der Waals surface area contributed by atoms with Crippen LogP contribution >= 0.6 is 0 Å². The van der Waals surface area contributed by atoms with Crippen molar-refractivity contribution >= 4 is 5.97 Å². The van der Waals surface area contributed by atoms with Crippen LogP contribution in [0.15, 0.2) is 0 Å². The van der Waals surface area contributed by atoms with E-state index in [9.17, 15) is 13.6 Å². The Balaban J connectivity index is 3.98. The summed E-state index contributed by atoms with van der Waals surface area (Å²) in [5.74, 6) is -2.06. The highest BCUT2D eigenvalue weighted by Crippen LogP contribution is 2.17. The number of esters is 1. The van der Waals surface area contributed by atoms with E-state index in [4.69, 9.17) is 0 Å². The Morgan fingerprint density at radius 2 is 2.09 bits per heavy atom. The molecule has 0 aromatic heterocycles. The number of alkyl halides is 2. The first-order chi connectivity index (χ1) is 5.13. The van der Waals surface area contributed by atoms with Crippen LogP contribution in [0.25, 0.3) is 0 Å². The molecule has 0 aromatic carbocycles. The van der Waals surface area contributed by atoms with Gasteiger partial charge in [0.2, 0.25) is 0 Å². The van der Waals surface area contributed by atoms with Crippen molar-refractivity contribution in [2.24, 2.45) is 5.92 Å². The van der Waals surface area contributed by atoms with Crippen LogP contribution in [0.1, 0.15) is 19.8 Å². The summed E-state index contributed by atoms with van der Waals surface area (Å²) in [6.07, 6.45) is -1.86. The van der Waals surface area contributed by atoms with Gasteiger partial charge in [-0.25, -0.2) is 8.78 Å². The maximum atomic E-state index is 12.0. The van der Waals surface area contributed by atoms with Crippen molar-refractivity contribution in [2.75, 3.05) is 7.11 Å². The minimum absolute atomic E-state index is 0.185. The van der Waals surface area contributed by atoms with Crippen molar-refractivity contribution in [3.8, 4) is 0 Å². The molecule has 11 heavy (non-hydrogen) atoms. The Labute approximate surface area is 64.5 Å². The number of methoxy groups -OCH3 is 1. The maximum Gasteiger partial charge on any atom is 0.314 e. The third-order valence-electron chi connectivity index (χ3n) is 1.41. The minimum Gasteiger partial charge on any atom is -0.469 e. The zero-order valence-electron chi connectivity index (χ0n) is 6.64. The number of rotatable bonds is 4. The summed E-state index contributed by atoms with van der Waals surface area (Å²) >= 11 is 0. The molecule has 0 heterocycles. The molecule has 0 spiro atoms. The molecule has 0 rings (SSSR count). The number of carbonyl (C=O) groups excluding carboxylic acids is 1. The van der Waals surface area contributed by atoms with E-state index in [-0.39, 0.29) is 6.42 Å². The molecule has 0 bridgehead atoms. The second-order valence-electron chi connectivity index (χ2n) is 2.25. The normalized spacial score (nSPS) is 13.2. The molecule has 0 saturated heterocycles.